The molecule has 2 aromatic rings. The number of nitrogens with zero attached hydrogens (tertiary/aromatic N) is 1. The van der Waals surface area contributed by atoms with Gasteiger partial charge in [0.05, 0.1) is 5.69 Å². The van der Waals surface area contributed by atoms with Crippen LogP contribution in [0.4, 0.5) is 0 Å². The molecular weight excluding hydrogens is 244 g/mol. The molecule has 0 fully saturated rings. The van der Waals surface area contributed by atoms with Gasteiger partial charge in [0.1, 0.15) is 17.4 Å². The molecule has 1 N–H and O–H groups in total. The van der Waals surface area contributed by atoms with Crippen molar-refractivity contribution < 1.29 is 4.74 Å². The predicted octanol–water partition coefficient (Wildman–Crippen LogP) is 3.06. The topological polar surface area (TPSA) is 34.1 Å². The minimum absolute atomic E-state index is 0.540. The van der Waals surface area contributed by atoms with Crippen molar-refractivity contribution >= 4 is 11.3 Å². The number of nitrogens with one attached hydrogen (secondary N) is 1. The lowest BCUT2D eigenvalue weighted by Crippen LogP contribution is -2.05. The van der Waals surface area contributed by atoms with Crippen LogP contribution in [0.15, 0.2) is 23.6 Å². The third kappa shape index (κ3) is 3.31. The number of hydrogen-bond donors (Lipinski definition) is 1. The van der Waals surface area contributed by atoms with Crippen molar-refractivity contribution in [3.63, 3.8) is 0 Å². The Morgan fingerprint density at radius 3 is 2.89 bits per heavy atom. The fourth-order valence-electron chi connectivity index (χ4n) is 1.78. The third-order valence-corrected chi connectivity index (χ3v) is 3.51. The van der Waals surface area contributed by atoms with Gasteiger partial charge in [0.15, 0.2) is 0 Å². The number of rotatable bonds is 5. The minimum atomic E-state index is 0.540. The first-order valence-corrected chi connectivity index (χ1v) is 6.85. The van der Waals surface area contributed by atoms with Gasteiger partial charge in [0, 0.05) is 11.9 Å². The van der Waals surface area contributed by atoms with E-state index in [0.717, 1.165) is 23.0 Å². The monoisotopic (exact) mass is 262 g/mol. The lowest BCUT2D eigenvalue weighted by Gasteiger charge is -2.08. The molecule has 0 saturated carbocycles. The van der Waals surface area contributed by atoms with Gasteiger partial charge in [-0.25, -0.2) is 4.98 Å². The molecule has 0 atom stereocenters. The van der Waals surface area contributed by atoms with Gasteiger partial charge in [-0.2, -0.15) is 0 Å². The molecule has 0 unspecified atom stereocenters. The molecule has 0 saturated heterocycles. The van der Waals surface area contributed by atoms with Crippen LogP contribution in [-0.2, 0) is 13.2 Å². The molecule has 0 aliphatic rings. The standard InChI is InChI=1S/C14H18N2OS/c1-10-4-5-13(11(2)6-10)17-8-14-16-12(7-15-3)9-18-14/h4-6,9,15H,7-8H2,1-3H3. The molecular formula is C14H18N2OS. The first-order valence-electron chi connectivity index (χ1n) is 5.97. The molecule has 1 aromatic carbocycles. The van der Waals surface area contributed by atoms with Gasteiger partial charge in [-0.15, -0.1) is 11.3 Å². The second kappa shape index (κ2) is 5.98. The summed E-state index contributed by atoms with van der Waals surface area (Å²) in [5.41, 5.74) is 3.49. The van der Waals surface area contributed by atoms with Crippen molar-refractivity contribution in [2.45, 2.75) is 27.0 Å². The molecule has 0 aliphatic carbocycles. The number of aryl methyl sites for hydroxylation is 2. The van der Waals surface area contributed by atoms with E-state index < -0.39 is 0 Å². The molecule has 0 radical (unpaired) electrons. The van der Waals surface area contributed by atoms with Crippen molar-refractivity contribution in [2.24, 2.45) is 0 Å². The van der Waals surface area contributed by atoms with E-state index in [4.69, 9.17) is 4.74 Å². The largest absolute Gasteiger partial charge is 0.486 e. The van der Waals surface area contributed by atoms with E-state index in [9.17, 15) is 0 Å². The van der Waals surface area contributed by atoms with Crippen LogP contribution in [0.25, 0.3) is 0 Å². The van der Waals surface area contributed by atoms with Crippen molar-refractivity contribution in [3.05, 3.63) is 45.4 Å². The average Bonchev–Trinajstić information content (AvgIpc) is 2.76. The summed E-state index contributed by atoms with van der Waals surface area (Å²) in [7, 11) is 1.92. The summed E-state index contributed by atoms with van der Waals surface area (Å²) in [6, 6.07) is 6.22. The summed E-state index contributed by atoms with van der Waals surface area (Å²) in [5, 5.41) is 6.17. The molecule has 4 heteroatoms. The zero-order valence-corrected chi connectivity index (χ0v) is 11.8. The van der Waals surface area contributed by atoms with Crippen molar-refractivity contribution in [2.75, 3.05) is 7.05 Å². The van der Waals surface area contributed by atoms with Gasteiger partial charge < -0.3 is 10.1 Å². The lowest BCUT2D eigenvalue weighted by atomic mass is 10.1. The Hall–Kier alpha value is -1.39. The molecule has 96 valence electrons. The summed E-state index contributed by atoms with van der Waals surface area (Å²) in [5.74, 6) is 0.936. The van der Waals surface area contributed by atoms with Crippen LogP contribution in [0.3, 0.4) is 0 Å². The Morgan fingerprint density at radius 2 is 2.17 bits per heavy atom. The van der Waals surface area contributed by atoms with Gasteiger partial charge in [-0.3, -0.25) is 0 Å². The zero-order valence-electron chi connectivity index (χ0n) is 11.0. The van der Waals surface area contributed by atoms with Gasteiger partial charge in [-0.1, -0.05) is 17.7 Å². The second-order valence-electron chi connectivity index (χ2n) is 4.32. The van der Waals surface area contributed by atoms with Gasteiger partial charge in [-0.05, 0) is 32.5 Å². The Balaban J connectivity index is 1.97. The molecule has 1 heterocycles. The van der Waals surface area contributed by atoms with Crippen LogP contribution in [0, 0.1) is 13.8 Å². The van der Waals surface area contributed by atoms with Gasteiger partial charge in [0.25, 0.3) is 0 Å². The van der Waals surface area contributed by atoms with E-state index in [2.05, 4.69) is 41.7 Å². The normalized spacial score (nSPS) is 10.6. The SMILES string of the molecule is CNCc1csc(COc2ccc(C)cc2C)n1. The second-order valence-corrected chi connectivity index (χ2v) is 5.26. The first kappa shape index (κ1) is 13.1. The van der Waals surface area contributed by atoms with E-state index in [-0.39, 0.29) is 0 Å². The molecule has 3 nitrogen and oxygen atoms in total. The highest BCUT2D eigenvalue weighted by Gasteiger charge is 2.04. The lowest BCUT2D eigenvalue weighted by molar-refractivity contribution is 0.303. The number of benzene rings is 1. The molecule has 0 spiro atoms. The number of hydrogen-bond acceptors (Lipinski definition) is 4. The third-order valence-electron chi connectivity index (χ3n) is 2.64. The summed E-state index contributed by atoms with van der Waals surface area (Å²) in [6.45, 7) is 5.50. The highest BCUT2D eigenvalue weighted by Crippen LogP contribution is 2.20. The fourth-order valence-corrected chi connectivity index (χ4v) is 2.48. The summed E-state index contributed by atoms with van der Waals surface area (Å²) in [4.78, 5) is 4.49. The quantitative estimate of drug-likeness (QED) is 0.899. The summed E-state index contributed by atoms with van der Waals surface area (Å²) >= 11 is 1.64. The van der Waals surface area contributed by atoms with Crippen LogP contribution in [0.2, 0.25) is 0 Å². The summed E-state index contributed by atoms with van der Waals surface area (Å²) in [6.07, 6.45) is 0. The fraction of sp³-hybridized carbons (Fsp3) is 0.357. The Kier molecular flexibility index (Phi) is 4.33. The highest BCUT2D eigenvalue weighted by atomic mass is 32.1. The molecule has 2 rings (SSSR count). The van der Waals surface area contributed by atoms with Crippen LogP contribution in [0.1, 0.15) is 21.8 Å². The molecule has 1 aromatic heterocycles. The Bertz CT molecular complexity index is 522. The summed E-state index contributed by atoms with van der Waals surface area (Å²) < 4.78 is 5.80. The number of thiazole rings is 1. The van der Waals surface area contributed by atoms with Crippen molar-refractivity contribution in [1.29, 1.82) is 0 Å². The van der Waals surface area contributed by atoms with Crippen LogP contribution < -0.4 is 10.1 Å². The van der Waals surface area contributed by atoms with Crippen LogP contribution >= 0.6 is 11.3 Å². The van der Waals surface area contributed by atoms with Gasteiger partial charge in [0.2, 0.25) is 0 Å². The molecule has 0 bridgehead atoms. The maximum absolute atomic E-state index is 5.80. The number of aromatic nitrogens is 1. The average molecular weight is 262 g/mol. The first-order chi connectivity index (χ1) is 8.69. The Labute approximate surface area is 112 Å². The van der Waals surface area contributed by atoms with E-state index >= 15 is 0 Å². The smallest absolute Gasteiger partial charge is 0.140 e. The van der Waals surface area contributed by atoms with E-state index in [1.54, 1.807) is 11.3 Å². The predicted molar refractivity (Wildman–Crippen MR) is 75.1 cm³/mol. The molecule has 0 aliphatic heterocycles. The van der Waals surface area contributed by atoms with Crippen LogP contribution in [0.5, 0.6) is 5.75 Å². The maximum Gasteiger partial charge on any atom is 0.140 e. The number of ether oxygens (including phenoxy) is 1. The Morgan fingerprint density at radius 1 is 1.33 bits per heavy atom. The highest BCUT2D eigenvalue weighted by molar-refractivity contribution is 7.09. The van der Waals surface area contributed by atoms with E-state index in [1.165, 1.54) is 11.1 Å². The van der Waals surface area contributed by atoms with Gasteiger partial charge >= 0.3 is 0 Å². The zero-order chi connectivity index (χ0) is 13.0. The molecule has 0 amide bonds. The maximum atomic E-state index is 5.80. The van der Waals surface area contributed by atoms with Crippen molar-refractivity contribution in [1.82, 2.24) is 10.3 Å². The minimum Gasteiger partial charge on any atom is -0.486 e. The van der Waals surface area contributed by atoms with E-state index in [0.29, 0.717) is 6.61 Å². The van der Waals surface area contributed by atoms with E-state index in [1.807, 2.05) is 13.1 Å². The molecule has 18 heavy (non-hydrogen) atoms. The van der Waals surface area contributed by atoms with Crippen molar-refractivity contribution in [3.8, 4) is 5.75 Å². The van der Waals surface area contributed by atoms with Crippen LogP contribution in [-0.4, -0.2) is 12.0 Å².